The maximum atomic E-state index is 12.3. The lowest BCUT2D eigenvalue weighted by molar-refractivity contribution is -0.120. The van der Waals surface area contributed by atoms with Gasteiger partial charge in [0, 0.05) is 12.1 Å². The summed E-state index contributed by atoms with van der Waals surface area (Å²) in [5, 5.41) is 11.2. The summed E-state index contributed by atoms with van der Waals surface area (Å²) in [5.41, 5.74) is 2.93. The Balaban J connectivity index is 1.99. The van der Waals surface area contributed by atoms with E-state index in [4.69, 9.17) is 4.52 Å². The van der Waals surface area contributed by atoms with Crippen molar-refractivity contribution < 1.29 is 9.32 Å². The Morgan fingerprint density at radius 1 is 1.39 bits per heavy atom. The topological polar surface area (TPSA) is 58.4 Å². The third kappa shape index (κ3) is 4.42. The number of aryl methyl sites for hydroxylation is 2. The molecule has 0 unspecified atom stereocenters. The second kappa shape index (κ2) is 8.26. The van der Waals surface area contributed by atoms with Gasteiger partial charge in [-0.15, -0.1) is 0 Å². The van der Waals surface area contributed by atoms with Gasteiger partial charge in [0.15, 0.2) is 0 Å². The molecule has 0 bridgehead atoms. The standard InChI is InChI=1S/C17H25N3O2S/c1-5-20(6-2)16(14-7-8-23-11-14)10-18-17(21)9-15-12(3)19-22-13(15)4/h7-8,11,16H,5-6,9-10H2,1-4H3,(H,18,21)/t16-/m0/s1. The SMILES string of the molecule is CCN(CC)[C@@H](CNC(=O)Cc1c(C)noc1C)c1ccsc1. The summed E-state index contributed by atoms with van der Waals surface area (Å²) in [5.74, 6) is 0.725. The minimum absolute atomic E-state index is 0.00628. The van der Waals surface area contributed by atoms with E-state index in [9.17, 15) is 4.79 Å². The molecular formula is C17H25N3O2S. The Hall–Kier alpha value is -1.66. The van der Waals surface area contributed by atoms with Crippen molar-refractivity contribution in [3.05, 3.63) is 39.4 Å². The van der Waals surface area contributed by atoms with Crippen LogP contribution in [0.1, 0.15) is 42.5 Å². The zero-order valence-electron chi connectivity index (χ0n) is 14.3. The third-order valence-electron chi connectivity index (χ3n) is 4.19. The van der Waals surface area contributed by atoms with E-state index in [0.29, 0.717) is 13.0 Å². The van der Waals surface area contributed by atoms with E-state index in [2.05, 4.69) is 46.0 Å². The van der Waals surface area contributed by atoms with Crippen LogP contribution in [0, 0.1) is 13.8 Å². The monoisotopic (exact) mass is 335 g/mol. The zero-order chi connectivity index (χ0) is 16.8. The van der Waals surface area contributed by atoms with Crippen molar-refractivity contribution in [1.82, 2.24) is 15.4 Å². The fourth-order valence-electron chi connectivity index (χ4n) is 2.77. The van der Waals surface area contributed by atoms with Gasteiger partial charge < -0.3 is 9.84 Å². The second-order valence-corrected chi connectivity index (χ2v) is 6.36. The van der Waals surface area contributed by atoms with E-state index in [-0.39, 0.29) is 11.9 Å². The average molecular weight is 335 g/mol. The molecule has 2 aromatic rings. The summed E-state index contributed by atoms with van der Waals surface area (Å²) < 4.78 is 5.12. The van der Waals surface area contributed by atoms with Crippen LogP contribution in [0.4, 0.5) is 0 Å². The van der Waals surface area contributed by atoms with Crippen LogP contribution in [-0.4, -0.2) is 35.6 Å². The Morgan fingerprint density at radius 3 is 2.65 bits per heavy atom. The molecule has 2 aromatic heterocycles. The van der Waals surface area contributed by atoms with E-state index in [1.807, 2.05) is 13.8 Å². The number of aromatic nitrogens is 1. The molecule has 0 fully saturated rings. The lowest BCUT2D eigenvalue weighted by Crippen LogP contribution is -2.38. The van der Waals surface area contributed by atoms with Crippen LogP contribution < -0.4 is 5.32 Å². The Bertz CT molecular complexity index is 598. The first kappa shape index (κ1) is 17.7. The molecule has 0 spiro atoms. The lowest BCUT2D eigenvalue weighted by atomic mass is 10.1. The molecule has 2 rings (SSSR count). The normalized spacial score (nSPS) is 12.6. The molecule has 6 heteroatoms. The predicted molar refractivity (Wildman–Crippen MR) is 92.7 cm³/mol. The van der Waals surface area contributed by atoms with Crippen LogP contribution in [0.5, 0.6) is 0 Å². The Morgan fingerprint density at radius 2 is 2.13 bits per heavy atom. The quantitative estimate of drug-likeness (QED) is 0.805. The highest BCUT2D eigenvalue weighted by atomic mass is 32.1. The molecular weight excluding hydrogens is 310 g/mol. The van der Waals surface area contributed by atoms with E-state index in [1.54, 1.807) is 11.3 Å². The molecule has 2 heterocycles. The van der Waals surface area contributed by atoms with E-state index in [1.165, 1.54) is 5.56 Å². The van der Waals surface area contributed by atoms with Gasteiger partial charge in [-0.2, -0.15) is 11.3 Å². The maximum absolute atomic E-state index is 12.3. The van der Waals surface area contributed by atoms with Gasteiger partial charge in [0.25, 0.3) is 0 Å². The highest BCUT2D eigenvalue weighted by Gasteiger charge is 2.20. The van der Waals surface area contributed by atoms with E-state index >= 15 is 0 Å². The van der Waals surface area contributed by atoms with Crippen molar-refractivity contribution in [2.24, 2.45) is 0 Å². The van der Waals surface area contributed by atoms with Crippen molar-refractivity contribution in [2.45, 2.75) is 40.2 Å². The molecule has 0 aliphatic carbocycles. The average Bonchev–Trinajstić information content (AvgIpc) is 3.17. The summed E-state index contributed by atoms with van der Waals surface area (Å²) in [7, 11) is 0. The first-order valence-corrected chi connectivity index (χ1v) is 8.95. The van der Waals surface area contributed by atoms with Crippen LogP contribution in [-0.2, 0) is 11.2 Å². The van der Waals surface area contributed by atoms with Gasteiger partial charge in [-0.3, -0.25) is 9.69 Å². The largest absolute Gasteiger partial charge is 0.361 e. The smallest absolute Gasteiger partial charge is 0.224 e. The van der Waals surface area contributed by atoms with Gasteiger partial charge in [0.1, 0.15) is 5.76 Å². The summed E-state index contributed by atoms with van der Waals surface area (Å²) in [6, 6.07) is 2.35. The Kier molecular flexibility index (Phi) is 6.36. The van der Waals surface area contributed by atoms with Crippen molar-refractivity contribution in [1.29, 1.82) is 0 Å². The van der Waals surface area contributed by atoms with Crippen LogP contribution >= 0.6 is 11.3 Å². The molecule has 126 valence electrons. The van der Waals surface area contributed by atoms with Gasteiger partial charge in [-0.25, -0.2) is 0 Å². The summed E-state index contributed by atoms with van der Waals surface area (Å²) in [6.07, 6.45) is 0.315. The molecule has 1 atom stereocenters. The number of amides is 1. The molecule has 23 heavy (non-hydrogen) atoms. The Labute approximate surface area is 141 Å². The van der Waals surface area contributed by atoms with Crippen LogP contribution in [0.25, 0.3) is 0 Å². The molecule has 0 saturated heterocycles. The lowest BCUT2D eigenvalue weighted by Gasteiger charge is -2.29. The number of hydrogen-bond acceptors (Lipinski definition) is 5. The van der Waals surface area contributed by atoms with E-state index in [0.717, 1.165) is 30.1 Å². The molecule has 0 saturated carbocycles. The van der Waals surface area contributed by atoms with Gasteiger partial charge in [-0.1, -0.05) is 19.0 Å². The fraction of sp³-hybridized carbons (Fsp3) is 0.529. The van der Waals surface area contributed by atoms with Crippen molar-refractivity contribution in [3.63, 3.8) is 0 Å². The number of thiophene rings is 1. The van der Waals surface area contributed by atoms with Crippen LogP contribution in [0.2, 0.25) is 0 Å². The molecule has 5 nitrogen and oxygen atoms in total. The maximum Gasteiger partial charge on any atom is 0.224 e. The number of carbonyl (C=O) groups excluding carboxylic acids is 1. The molecule has 1 N–H and O–H groups in total. The number of nitrogens with one attached hydrogen (secondary N) is 1. The minimum Gasteiger partial charge on any atom is -0.361 e. The van der Waals surface area contributed by atoms with E-state index < -0.39 is 0 Å². The van der Waals surface area contributed by atoms with Crippen molar-refractivity contribution >= 4 is 17.2 Å². The first-order valence-electron chi connectivity index (χ1n) is 8.01. The third-order valence-corrected chi connectivity index (χ3v) is 4.89. The fourth-order valence-corrected chi connectivity index (χ4v) is 3.48. The van der Waals surface area contributed by atoms with Crippen molar-refractivity contribution in [3.8, 4) is 0 Å². The molecule has 0 aliphatic heterocycles. The second-order valence-electron chi connectivity index (χ2n) is 5.58. The number of likely N-dealkylation sites (N-methyl/N-ethyl adjacent to an activating group) is 1. The van der Waals surface area contributed by atoms with Crippen LogP contribution in [0.15, 0.2) is 21.3 Å². The molecule has 0 aromatic carbocycles. The van der Waals surface area contributed by atoms with Gasteiger partial charge >= 0.3 is 0 Å². The number of rotatable bonds is 8. The highest BCUT2D eigenvalue weighted by Crippen LogP contribution is 2.22. The highest BCUT2D eigenvalue weighted by molar-refractivity contribution is 7.07. The molecule has 0 aliphatic rings. The zero-order valence-corrected chi connectivity index (χ0v) is 15.1. The summed E-state index contributed by atoms with van der Waals surface area (Å²) in [6.45, 7) is 10.5. The van der Waals surface area contributed by atoms with Gasteiger partial charge in [0.05, 0.1) is 18.2 Å². The number of nitrogens with zero attached hydrogens (tertiary/aromatic N) is 2. The molecule has 1 amide bonds. The van der Waals surface area contributed by atoms with Gasteiger partial charge in [0.2, 0.25) is 5.91 Å². The minimum atomic E-state index is 0.00628. The van der Waals surface area contributed by atoms with Gasteiger partial charge in [-0.05, 0) is 49.3 Å². The number of hydrogen-bond donors (Lipinski definition) is 1. The molecule has 0 radical (unpaired) electrons. The first-order chi connectivity index (χ1) is 11.1. The summed E-state index contributed by atoms with van der Waals surface area (Å²) >= 11 is 1.69. The summed E-state index contributed by atoms with van der Waals surface area (Å²) in [4.78, 5) is 14.7. The predicted octanol–water partition coefficient (Wildman–Crippen LogP) is 3.09. The van der Waals surface area contributed by atoms with Crippen molar-refractivity contribution in [2.75, 3.05) is 19.6 Å². The van der Waals surface area contributed by atoms with Crippen LogP contribution in [0.3, 0.4) is 0 Å². The number of carbonyl (C=O) groups is 1.